The average molecular weight is 442 g/mol. The van der Waals surface area contributed by atoms with Gasteiger partial charge >= 0.3 is 0 Å². The fourth-order valence-corrected chi connectivity index (χ4v) is 6.59. The molecule has 1 aromatic heterocycles. The monoisotopic (exact) mass is 441 g/mol. The molecule has 3 aliphatic heterocycles. The highest BCUT2D eigenvalue weighted by atomic mass is 32.1. The van der Waals surface area contributed by atoms with Crippen molar-refractivity contribution in [1.82, 2.24) is 15.5 Å². The van der Waals surface area contributed by atoms with Gasteiger partial charge in [-0.15, -0.1) is 11.3 Å². The smallest absolute Gasteiger partial charge is 0.246 e. The first-order valence-electron chi connectivity index (χ1n) is 11.4. The quantitative estimate of drug-likeness (QED) is 0.659. The van der Waals surface area contributed by atoms with Gasteiger partial charge in [-0.25, -0.2) is 0 Å². The lowest BCUT2D eigenvalue weighted by Gasteiger charge is -2.32. The zero-order chi connectivity index (χ0) is 21.2. The highest BCUT2D eigenvalue weighted by Gasteiger charge is 2.72. The second kappa shape index (κ2) is 7.17. The zero-order valence-corrected chi connectivity index (χ0v) is 18.1. The molecule has 5 atom stereocenters. The largest absolute Gasteiger partial charge is 0.359 e. The van der Waals surface area contributed by atoms with Gasteiger partial charge in [-0.2, -0.15) is 0 Å². The van der Waals surface area contributed by atoms with Crippen LogP contribution in [-0.2, 0) is 25.7 Å². The van der Waals surface area contributed by atoms with E-state index in [1.807, 2.05) is 29.7 Å². The van der Waals surface area contributed by atoms with Gasteiger partial charge in [0.15, 0.2) is 0 Å². The van der Waals surface area contributed by atoms with Crippen LogP contribution in [0.4, 0.5) is 0 Å². The number of nitrogens with one attached hydrogen (secondary N) is 2. The van der Waals surface area contributed by atoms with Crippen molar-refractivity contribution in [2.45, 2.75) is 74.9 Å². The number of ether oxygens (including phenoxy) is 1. The van der Waals surface area contributed by atoms with Crippen LogP contribution >= 0.6 is 11.3 Å². The third-order valence-electron chi connectivity index (χ3n) is 7.46. The molecule has 2 saturated carbocycles. The van der Waals surface area contributed by atoms with E-state index < -0.39 is 29.6 Å². The van der Waals surface area contributed by atoms with Gasteiger partial charge in [0, 0.05) is 17.0 Å². The van der Waals surface area contributed by atoms with Crippen LogP contribution in [0.2, 0.25) is 0 Å². The maximum Gasteiger partial charge on any atom is 0.246 e. The number of hydrogen-bond donors (Lipinski definition) is 2. The first-order valence-corrected chi connectivity index (χ1v) is 12.3. The molecule has 1 spiro atoms. The van der Waals surface area contributed by atoms with E-state index in [4.69, 9.17) is 4.74 Å². The van der Waals surface area contributed by atoms with Crippen LogP contribution in [0, 0.1) is 11.8 Å². The molecule has 0 radical (unpaired) electrons. The summed E-state index contributed by atoms with van der Waals surface area (Å²) in [5, 5.41) is 8.20. The molecule has 3 amide bonds. The lowest BCUT2D eigenvalue weighted by atomic mass is 9.74. The minimum atomic E-state index is -1.06. The van der Waals surface area contributed by atoms with E-state index in [1.54, 1.807) is 16.2 Å². The Hall–Kier alpha value is -2.19. The molecular formula is C23H27N3O4S. The number of fused-ring (bicyclic) bond motifs is 1. The van der Waals surface area contributed by atoms with Crippen LogP contribution in [0.15, 0.2) is 29.7 Å². The average Bonchev–Trinajstić information content (AvgIpc) is 3.24. The Balaban J connectivity index is 1.34. The summed E-state index contributed by atoms with van der Waals surface area (Å²) in [7, 11) is 0. The summed E-state index contributed by atoms with van der Waals surface area (Å²) in [5.74, 6) is -1.66. The van der Waals surface area contributed by atoms with Crippen molar-refractivity contribution < 1.29 is 19.1 Å². The summed E-state index contributed by atoms with van der Waals surface area (Å²) >= 11 is 1.56. The summed E-state index contributed by atoms with van der Waals surface area (Å²) in [5.41, 5.74) is -1.06. The van der Waals surface area contributed by atoms with E-state index in [1.165, 1.54) is 0 Å². The third kappa shape index (κ3) is 3.06. The van der Waals surface area contributed by atoms with E-state index in [0.717, 1.165) is 43.4 Å². The molecule has 8 heteroatoms. The van der Waals surface area contributed by atoms with Crippen LogP contribution < -0.4 is 10.6 Å². The number of carbonyl (C=O) groups excluding carboxylic acids is 3. The van der Waals surface area contributed by atoms with Crippen molar-refractivity contribution in [3.05, 3.63) is 34.5 Å². The second-order valence-corrected chi connectivity index (χ2v) is 10.6. The maximum absolute atomic E-state index is 13.7. The highest BCUT2D eigenvalue weighted by Crippen LogP contribution is 2.55. The maximum atomic E-state index is 13.7. The van der Waals surface area contributed by atoms with E-state index in [-0.39, 0.29) is 29.8 Å². The molecule has 2 N–H and O–H groups in total. The molecule has 164 valence electrons. The van der Waals surface area contributed by atoms with Crippen LogP contribution in [0.5, 0.6) is 0 Å². The molecule has 5 aliphatic rings. The Bertz CT molecular complexity index is 937. The molecular weight excluding hydrogens is 414 g/mol. The number of thiophene rings is 1. The van der Waals surface area contributed by atoms with Crippen molar-refractivity contribution >= 4 is 29.1 Å². The molecule has 6 rings (SSSR count). The minimum absolute atomic E-state index is 0.120. The van der Waals surface area contributed by atoms with Gasteiger partial charge < -0.3 is 20.3 Å². The van der Waals surface area contributed by atoms with Crippen molar-refractivity contribution in [2.75, 3.05) is 0 Å². The number of likely N-dealkylation sites (tertiary alicyclic amines) is 1. The van der Waals surface area contributed by atoms with Crippen LogP contribution in [0.3, 0.4) is 0 Å². The molecule has 4 fully saturated rings. The van der Waals surface area contributed by atoms with Crippen LogP contribution in [-0.4, -0.2) is 52.5 Å². The number of amides is 3. The Kier molecular flexibility index (Phi) is 4.51. The standard InChI is InChI=1S/C23H27N3O4S/c27-20(24-14-7-8-14)17-16-9-10-23(30-16)18(17)22(29)26(12-15-6-3-11-31-15)19(23)21(28)25-13-4-1-2-5-13/h3,6,9-11,13-14,16-19H,1-2,4-5,7-8,12H2,(H,24,27)(H,25,28)/t16-,17-,18-,19-,23-/m0/s1. The van der Waals surface area contributed by atoms with Crippen molar-refractivity contribution in [3.63, 3.8) is 0 Å². The molecule has 2 bridgehead atoms. The number of hydrogen-bond acceptors (Lipinski definition) is 5. The summed E-state index contributed by atoms with van der Waals surface area (Å²) in [4.78, 5) is 43.0. The summed E-state index contributed by atoms with van der Waals surface area (Å²) in [6.45, 7) is 0.357. The summed E-state index contributed by atoms with van der Waals surface area (Å²) in [6, 6.07) is 3.53. The predicted molar refractivity (Wildman–Crippen MR) is 114 cm³/mol. The number of nitrogens with zero attached hydrogens (tertiary/aromatic N) is 1. The predicted octanol–water partition coefficient (Wildman–Crippen LogP) is 1.74. The van der Waals surface area contributed by atoms with Gasteiger partial charge in [-0.05, 0) is 37.1 Å². The van der Waals surface area contributed by atoms with Crippen LogP contribution in [0.25, 0.3) is 0 Å². The zero-order valence-electron chi connectivity index (χ0n) is 17.3. The Morgan fingerprint density at radius 2 is 1.87 bits per heavy atom. The van der Waals surface area contributed by atoms with E-state index >= 15 is 0 Å². The SMILES string of the molecule is O=C(NC1CC1)[C@H]1[C@@H]2C=C[C@]3(O2)[C@@H]1C(=O)N(Cc1cccs1)[C@H]3C(=O)NC1CCCC1. The second-order valence-electron chi connectivity index (χ2n) is 9.52. The van der Waals surface area contributed by atoms with Crippen molar-refractivity contribution in [1.29, 1.82) is 0 Å². The normalized spacial score (nSPS) is 36.3. The molecule has 2 aliphatic carbocycles. The summed E-state index contributed by atoms with van der Waals surface area (Å²) < 4.78 is 6.35. The Morgan fingerprint density at radius 1 is 1.13 bits per heavy atom. The van der Waals surface area contributed by atoms with Gasteiger partial charge in [-0.1, -0.05) is 31.1 Å². The van der Waals surface area contributed by atoms with Gasteiger partial charge in [0.05, 0.1) is 24.5 Å². The molecule has 7 nitrogen and oxygen atoms in total. The molecule has 0 aromatic carbocycles. The first-order chi connectivity index (χ1) is 15.1. The summed E-state index contributed by atoms with van der Waals surface area (Å²) in [6.07, 6.45) is 9.46. The van der Waals surface area contributed by atoms with Crippen molar-refractivity contribution in [2.24, 2.45) is 11.8 Å². The highest BCUT2D eigenvalue weighted by molar-refractivity contribution is 7.09. The van der Waals surface area contributed by atoms with Gasteiger partial charge in [-0.3, -0.25) is 14.4 Å². The Morgan fingerprint density at radius 3 is 2.58 bits per heavy atom. The molecule has 4 heterocycles. The lowest BCUT2D eigenvalue weighted by Crippen LogP contribution is -2.55. The van der Waals surface area contributed by atoms with Crippen LogP contribution in [0.1, 0.15) is 43.4 Å². The molecule has 1 aromatic rings. The topological polar surface area (TPSA) is 87.7 Å². The van der Waals surface area contributed by atoms with E-state index in [9.17, 15) is 14.4 Å². The lowest BCUT2D eigenvalue weighted by molar-refractivity contribution is -0.142. The van der Waals surface area contributed by atoms with Gasteiger partial charge in [0.1, 0.15) is 11.6 Å². The molecule has 31 heavy (non-hydrogen) atoms. The first kappa shape index (κ1) is 19.5. The number of rotatable bonds is 6. The van der Waals surface area contributed by atoms with E-state index in [2.05, 4.69) is 10.6 Å². The van der Waals surface area contributed by atoms with E-state index in [0.29, 0.717) is 6.54 Å². The fourth-order valence-electron chi connectivity index (χ4n) is 5.88. The third-order valence-corrected chi connectivity index (χ3v) is 8.32. The fraction of sp³-hybridized carbons (Fsp3) is 0.609. The Labute approximate surface area is 185 Å². The van der Waals surface area contributed by atoms with Gasteiger partial charge in [0.2, 0.25) is 17.7 Å². The van der Waals surface area contributed by atoms with Gasteiger partial charge in [0.25, 0.3) is 0 Å². The molecule has 2 saturated heterocycles. The number of carbonyl (C=O) groups is 3. The minimum Gasteiger partial charge on any atom is -0.359 e. The van der Waals surface area contributed by atoms with Crippen molar-refractivity contribution in [3.8, 4) is 0 Å². The molecule has 0 unspecified atom stereocenters.